The molecule has 3 aromatic carbocycles. The molecule has 1 aliphatic heterocycles. The van der Waals surface area contributed by atoms with E-state index in [1.165, 1.54) is 30.6 Å². The van der Waals surface area contributed by atoms with Crippen molar-refractivity contribution < 1.29 is 19.0 Å². The molecule has 194 valence electrons. The van der Waals surface area contributed by atoms with Crippen LogP contribution in [0, 0.1) is 5.82 Å². The quantitative estimate of drug-likeness (QED) is 0.265. The number of hydrogen-bond acceptors (Lipinski definition) is 7. The van der Waals surface area contributed by atoms with Crippen LogP contribution in [0.15, 0.2) is 78.8 Å². The molecule has 0 saturated heterocycles. The van der Waals surface area contributed by atoms with Gasteiger partial charge in [-0.05, 0) is 48.9 Å². The largest absolute Gasteiger partial charge is 0.508 e. The standard InChI is InChI=1S/C29H21ClFN5O3/c1-15(36-29-25(28(32)33-14-34-29)26(35-36)20-12-18(38)9-10-22(20)30)27-24(16-5-4-6-17(31)11-16)21(13-37)19-7-2-3-8-23(19)39-27/h2-15,21,38H,1H3,(H2,32,33,34). The van der Waals surface area contributed by atoms with Gasteiger partial charge in [-0.2, -0.15) is 5.10 Å². The smallest absolute Gasteiger partial charge is 0.164 e. The lowest BCUT2D eigenvalue weighted by Crippen LogP contribution is -2.23. The number of nitrogen functional groups attached to an aromatic ring is 1. The summed E-state index contributed by atoms with van der Waals surface area (Å²) in [6.07, 6.45) is 2.15. The summed E-state index contributed by atoms with van der Waals surface area (Å²) in [6, 6.07) is 17.1. The summed E-state index contributed by atoms with van der Waals surface area (Å²) in [5, 5.41) is 15.7. The van der Waals surface area contributed by atoms with Crippen LogP contribution in [0.1, 0.15) is 30.0 Å². The van der Waals surface area contributed by atoms with Crippen molar-refractivity contribution in [2.24, 2.45) is 0 Å². The minimum atomic E-state index is -0.712. The first-order chi connectivity index (χ1) is 18.9. The Kier molecular flexibility index (Phi) is 6.00. The topological polar surface area (TPSA) is 116 Å². The average molecular weight is 542 g/mol. The van der Waals surface area contributed by atoms with Crippen molar-refractivity contribution in [3.05, 3.63) is 101 Å². The maximum absolute atomic E-state index is 14.4. The highest BCUT2D eigenvalue weighted by Crippen LogP contribution is 2.46. The van der Waals surface area contributed by atoms with E-state index < -0.39 is 17.8 Å². The SMILES string of the molecule is CC(C1=C(c2cccc(F)c2)C(C=O)c2ccccc2O1)n1nc(-c2cc(O)ccc2Cl)c2c(N)ncnc21. The summed E-state index contributed by atoms with van der Waals surface area (Å²) < 4.78 is 22.4. The van der Waals surface area contributed by atoms with Gasteiger partial charge in [0.2, 0.25) is 0 Å². The van der Waals surface area contributed by atoms with Crippen molar-refractivity contribution in [3.63, 3.8) is 0 Å². The summed E-state index contributed by atoms with van der Waals surface area (Å²) in [4.78, 5) is 21.1. The molecule has 10 heteroatoms. The number of halogens is 2. The number of fused-ring (bicyclic) bond motifs is 2. The number of ether oxygens (including phenoxy) is 1. The molecule has 8 nitrogen and oxygen atoms in total. The van der Waals surface area contributed by atoms with Gasteiger partial charge >= 0.3 is 0 Å². The van der Waals surface area contributed by atoms with Gasteiger partial charge in [-0.1, -0.05) is 41.9 Å². The summed E-state index contributed by atoms with van der Waals surface area (Å²) in [6.45, 7) is 1.84. The lowest BCUT2D eigenvalue weighted by atomic mass is 9.83. The number of allylic oxidation sites excluding steroid dienone is 2. The fraction of sp³-hybridized carbons (Fsp3) is 0.103. The number of para-hydroxylation sites is 1. The van der Waals surface area contributed by atoms with Gasteiger partial charge in [0, 0.05) is 16.7 Å². The molecule has 0 fully saturated rings. The van der Waals surface area contributed by atoms with Gasteiger partial charge in [-0.3, -0.25) is 0 Å². The zero-order valence-electron chi connectivity index (χ0n) is 20.5. The van der Waals surface area contributed by atoms with Crippen molar-refractivity contribution in [2.75, 3.05) is 5.73 Å². The zero-order valence-corrected chi connectivity index (χ0v) is 21.3. The summed E-state index contributed by atoms with van der Waals surface area (Å²) in [5.74, 6) is -0.0762. The molecule has 39 heavy (non-hydrogen) atoms. The first kappa shape index (κ1) is 24.6. The third-order valence-electron chi connectivity index (χ3n) is 6.79. The van der Waals surface area contributed by atoms with E-state index in [0.29, 0.717) is 55.5 Å². The Morgan fingerprint density at radius 1 is 1.13 bits per heavy atom. The molecule has 3 N–H and O–H groups in total. The predicted molar refractivity (Wildman–Crippen MR) is 146 cm³/mol. The highest BCUT2D eigenvalue weighted by Gasteiger charge is 2.35. The normalized spacial score (nSPS) is 15.6. The second-order valence-corrected chi connectivity index (χ2v) is 9.54. The Labute approximate surface area is 227 Å². The Balaban J connectivity index is 1.62. The first-order valence-corrected chi connectivity index (χ1v) is 12.4. The average Bonchev–Trinajstić information content (AvgIpc) is 3.33. The van der Waals surface area contributed by atoms with Crippen LogP contribution in [-0.4, -0.2) is 31.1 Å². The summed E-state index contributed by atoms with van der Waals surface area (Å²) in [7, 11) is 0. The number of anilines is 1. The van der Waals surface area contributed by atoms with Crippen LogP contribution in [0.4, 0.5) is 10.2 Å². The molecular weight excluding hydrogens is 521 g/mol. The van der Waals surface area contributed by atoms with Crippen molar-refractivity contribution in [1.29, 1.82) is 0 Å². The number of carbonyl (C=O) groups excluding carboxylic acids is 1. The molecule has 0 amide bonds. The lowest BCUT2D eigenvalue weighted by Gasteiger charge is -2.31. The van der Waals surface area contributed by atoms with Crippen LogP contribution in [-0.2, 0) is 4.79 Å². The fourth-order valence-corrected chi connectivity index (χ4v) is 5.21. The van der Waals surface area contributed by atoms with Crippen molar-refractivity contribution in [3.8, 4) is 22.8 Å². The molecule has 1 aliphatic rings. The van der Waals surface area contributed by atoms with E-state index in [2.05, 4.69) is 9.97 Å². The highest BCUT2D eigenvalue weighted by molar-refractivity contribution is 6.33. The van der Waals surface area contributed by atoms with Gasteiger partial charge < -0.3 is 20.4 Å². The third kappa shape index (κ3) is 4.07. The maximum Gasteiger partial charge on any atom is 0.164 e. The lowest BCUT2D eigenvalue weighted by molar-refractivity contribution is -0.108. The highest BCUT2D eigenvalue weighted by atomic mass is 35.5. The number of nitrogens with two attached hydrogens (primary N) is 1. The number of phenols is 1. The number of aldehydes is 1. The Morgan fingerprint density at radius 2 is 1.95 bits per heavy atom. The molecule has 2 atom stereocenters. The molecular formula is C29H21ClFN5O3. The van der Waals surface area contributed by atoms with Crippen LogP contribution in [0.3, 0.4) is 0 Å². The number of rotatable bonds is 5. The molecule has 3 heterocycles. The predicted octanol–water partition coefficient (Wildman–Crippen LogP) is 5.92. The molecule has 0 aliphatic carbocycles. The molecule has 6 rings (SSSR count). The van der Waals surface area contributed by atoms with E-state index in [4.69, 9.17) is 27.2 Å². The van der Waals surface area contributed by atoms with Gasteiger partial charge in [0.25, 0.3) is 0 Å². The van der Waals surface area contributed by atoms with E-state index in [-0.39, 0.29) is 11.6 Å². The number of carbonyl (C=O) groups is 1. The van der Waals surface area contributed by atoms with Crippen LogP contribution < -0.4 is 10.5 Å². The molecule has 2 aromatic heterocycles. The van der Waals surface area contributed by atoms with Gasteiger partial charge in [-0.25, -0.2) is 19.0 Å². The molecule has 2 unspecified atom stereocenters. The second kappa shape index (κ2) is 9.52. The van der Waals surface area contributed by atoms with Crippen LogP contribution in [0.2, 0.25) is 5.02 Å². The molecule has 0 radical (unpaired) electrons. The minimum absolute atomic E-state index is 0.00212. The van der Waals surface area contributed by atoms with Gasteiger partial charge in [-0.15, -0.1) is 0 Å². The van der Waals surface area contributed by atoms with E-state index in [9.17, 15) is 14.3 Å². The van der Waals surface area contributed by atoms with E-state index in [1.807, 2.05) is 25.1 Å². The fourth-order valence-electron chi connectivity index (χ4n) is 5.00. The Bertz CT molecular complexity index is 1800. The van der Waals surface area contributed by atoms with E-state index in [0.717, 1.165) is 6.29 Å². The molecule has 5 aromatic rings. The number of nitrogens with zero attached hydrogens (tertiary/aromatic N) is 4. The van der Waals surface area contributed by atoms with Crippen LogP contribution in [0.5, 0.6) is 11.5 Å². The number of aromatic nitrogens is 4. The number of phenolic OH excluding ortho intramolecular Hbond substituents is 1. The number of aromatic hydroxyl groups is 1. The monoisotopic (exact) mass is 541 g/mol. The Hall–Kier alpha value is -4.76. The molecule has 0 bridgehead atoms. The van der Waals surface area contributed by atoms with Gasteiger partial charge in [0.1, 0.15) is 53.2 Å². The minimum Gasteiger partial charge on any atom is -0.508 e. The number of benzene rings is 3. The van der Waals surface area contributed by atoms with Gasteiger partial charge in [0.15, 0.2) is 5.65 Å². The van der Waals surface area contributed by atoms with Crippen molar-refractivity contribution in [2.45, 2.75) is 18.9 Å². The number of hydrogen-bond donors (Lipinski definition) is 2. The summed E-state index contributed by atoms with van der Waals surface area (Å²) in [5.41, 5.74) is 9.16. The molecule has 0 saturated carbocycles. The Morgan fingerprint density at radius 3 is 2.74 bits per heavy atom. The summed E-state index contributed by atoms with van der Waals surface area (Å²) >= 11 is 6.48. The molecule has 0 spiro atoms. The third-order valence-corrected chi connectivity index (χ3v) is 7.12. The first-order valence-electron chi connectivity index (χ1n) is 12.1. The van der Waals surface area contributed by atoms with Gasteiger partial charge in [0.05, 0.1) is 16.3 Å². The zero-order chi connectivity index (χ0) is 27.3. The van der Waals surface area contributed by atoms with Crippen molar-refractivity contribution in [1.82, 2.24) is 19.7 Å². The van der Waals surface area contributed by atoms with E-state index >= 15 is 0 Å². The van der Waals surface area contributed by atoms with Crippen LogP contribution >= 0.6 is 11.6 Å². The van der Waals surface area contributed by atoms with Crippen molar-refractivity contribution >= 4 is 40.3 Å². The second-order valence-electron chi connectivity index (χ2n) is 9.13. The van der Waals surface area contributed by atoms with Crippen LogP contribution in [0.25, 0.3) is 27.9 Å². The maximum atomic E-state index is 14.4. The van der Waals surface area contributed by atoms with E-state index in [1.54, 1.807) is 28.9 Å².